The van der Waals surface area contributed by atoms with Gasteiger partial charge in [-0.1, -0.05) is 36.2 Å². The van der Waals surface area contributed by atoms with Crippen LogP contribution in [-0.4, -0.2) is 35.8 Å². The summed E-state index contributed by atoms with van der Waals surface area (Å²) >= 11 is 12.4. The average Bonchev–Trinajstić information content (AvgIpc) is 2.56. The molecule has 0 saturated carbocycles. The van der Waals surface area contributed by atoms with Gasteiger partial charge in [-0.05, 0) is 37.8 Å². The Hall–Kier alpha value is -1.26. The van der Waals surface area contributed by atoms with Crippen molar-refractivity contribution in [2.24, 2.45) is 0 Å². The number of nitrogens with zero attached hydrogens (tertiary/aromatic N) is 2. The first-order valence-corrected chi connectivity index (χ1v) is 9.22. The van der Waals surface area contributed by atoms with Gasteiger partial charge in [-0.3, -0.25) is 9.59 Å². The lowest BCUT2D eigenvalue weighted by Gasteiger charge is -2.36. The van der Waals surface area contributed by atoms with Gasteiger partial charge in [0.1, 0.15) is 0 Å². The third-order valence-corrected chi connectivity index (χ3v) is 5.17. The van der Waals surface area contributed by atoms with Gasteiger partial charge in [0.15, 0.2) is 0 Å². The lowest BCUT2D eigenvalue weighted by atomic mass is 9.99. The molecule has 2 rings (SSSR count). The third-order valence-electron chi connectivity index (χ3n) is 4.56. The number of carbonyl (C=O) groups is 2. The molecular weight excluding hydrogens is 347 g/mol. The van der Waals surface area contributed by atoms with Crippen molar-refractivity contribution in [1.29, 1.82) is 0 Å². The molecule has 132 valence electrons. The number of carbonyl (C=O) groups excluding carboxylic acids is 2. The van der Waals surface area contributed by atoms with Crippen molar-refractivity contribution in [2.75, 3.05) is 18.0 Å². The molecule has 1 aromatic rings. The number of halogens is 2. The van der Waals surface area contributed by atoms with Crippen molar-refractivity contribution in [2.45, 2.75) is 52.0 Å². The zero-order valence-electron chi connectivity index (χ0n) is 14.2. The summed E-state index contributed by atoms with van der Waals surface area (Å²) in [6, 6.07) is 5.44. The van der Waals surface area contributed by atoms with Gasteiger partial charge in [-0.2, -0.15) is 0 Å². The monoisotopic (exact) mass is 370 g/mol. The van der Waals surface area contributed by atoms with Crippen LogP contribution in [0.1, 0.15) is 46.0 Å². The molecule has 0 N–H and O–H groups in total. The SMILES string of the molecule is CCC1CCCCN1C(=O)CCN(C(C)=O)c1c(Cl)cccc1Cl. The first kappa shape index (κ1) is 19.1. The van der Waals surface area contributed by atoms with Gasteiger partial charge in [0.25, 0.3) is 0 Å². The second kappa shape index (κ2) is 8.72. The van der Waals surface area contributed by atoms with E-state index < -0.39 is 0 Å². The summed E-state index contributed by atoms with van der Waals surface area (Å²) in [4.78, 5) is 28.1. The Morgan fingerprint density at radius 2 is 1.92 bits per heavy atom. The first-order chi connectivity index (χ1) is 11.5. The van der Waals surface area contributed by atoms with E-state index in [9.17, 15) is 9.59 Å². The molecule has 1 fully saturated rings. The van der Waals surface area contributed by atoms with Crippen molar-refractivity contribution in [3.8, 4) is 0 Å². The molecule has 0 spiro atoms. The summed E-state index contributed by atoms with van der Waals surface area (Å²) in [6.45, 7) is 4.66. The molecule has 1 unspecified atom stereocenters. The van der Waals surface area contributed by atoms with Gasteiger partial charge in [-0.25, -0.2) is 0 Å². The Morgan fingerprint density at radius 3 is 2.50 bits per heavy atom. The molecule has 2 amide bonds. The van der Waals surface area contributed by atoms with E-state index in [-0.39, 0.29) is 24.8 Å². The second-order valence-electron chi connectivity index (χ2n) is 6.14. The fraction of sp³-hybridized carbons (Fsp3) is 0.556. The van der Waals surface area contributed by atoms with Gasteiger partial charge in [-0.15, -0.1) is 0 Å². The van der Waals surface area contributed by atoms with Crippen molar-refractivity contribution in [3.05, 3.63) is 28.2 Å². The number of para-hydroxylation sites is 1. The molecule has 24 heavy (non-hydrogen) atoms. The van der Waals surface area contributed by atoms with Gasteiger partial charge < -0.3 is 9.80 Å². The van der Waals surface area contributed by atoms with E-state index in [1.165, 1.54) is 18.2 Å². The molecule has 0 bridgehead atoms. The van der Waals surface area contributed by atoms with Crippen LogP contribution in [0.25, 0.3) is 0 Å². The fourth-order valence-corrected chi connectivity index (χ4v) is 3.88. The van der Waals surface area contributed by atoms with Crippen LogP contribution in [-0.2, 0) is 9.59 Å². The van der Waals surface area contributed by atoms with Gasteiger partial charge in [0.2, 0.25) is 11.8 Å². The third kappa shape index (κ3) is 4.42. The lowest BCUT2D eigenvalue weighted by Crippen LogP contribution is -2.44. The average molecular weight is 371 g/mol. The number of likely N-dealkylation sites (tertiary alicyclic amines) is 1. The van der Waals surface area contributed by atoms with E-state index in [0.717, 1.165) is 25.8 Å². The summed E-state index contributed by atoms with van der Waals surface area (Å²) in [5.74, 6) is -0.0838. The van der Waals surface area contributed by atoms with Crippen LogP contribution in [0.2, 0.25) is 10.0 Å². The predicted octanol–water partition coefficient (Wildman–Crippen LogP) is 4.53. The maximum Gasteiger partial charge on any atom is 0.224 e. The van der Waals surface area contributed by atoms with Gasteiger partial charge in [0.05, 0.1) is 15.7 Å². The largest absolute Gasteiger partial charge is 0.340 e. The molecule has 1 heterocycles. The normalized spacial score (nSPS) is 17.7. The van der Waals surface area contributed by atoms with E-state index >= 15 is 0 Å². The van der Waals surface area contributed by atoms with Crippen molar-refractivity contribution in [1.82, 2.24) is 4.90 Å². The molecule has 6 heteroatoms. The maximum absolute atomic E-state index is 12.6. The molecule has 1 saturated heterocycles. The Kier molecular flexibility index (Phi) is 6.93. The van der Waals surface area contributed by atoms with E-state index in [0.29, 0.717) is 21.8 Å². The van der Waals surface area contributed by atoms with Crippen molar-refractivity contribution in [3.63, 3.8) is 0 Å². The Bertz CT molecular complexity index is 586. The summed E-state index contributed by atoms with van der Waals surface area (Å²) in [7, 11) is 0. The number of rotatable bonds is 5. The number of anilines is 1. The minimum absolute atomic E-state index is 0.0935. The topological polar surface area (TPSA) is 40.6 Å². The Balaban J connectivity index is 2.09. The highest BCUT2D eigenvalue weighted by Crippen LogP contribution is 2.34. The summed E-state index contributed by atoms with van der Waals surface area (Å²) < 4.78 is 0. The van der Waals surface area contributed by atoms with E-state index in [1.54, 1.807) is 18.2 Å². The molecule has 1 atom stereocenters. The molecule has 0 aliphatic carbocycles. The molecule has 1 aromatic carbocycles. The highest BCUT2D eigenvalue weighted by Gasteiger charge is 2.26. The fourth-order valence-electron chi connectivity index (χ4n) is 3.28. The van der Waals surface area contributed by atoms with Crippen molar-refractivity contribution >= 4 is 40.7 Å². The zero-order valence-corrected chi connectivity index (χ0v) is 15.7. The number of piperidine rings is 1. The Labute approximate surface area is 153 Å². The molecule has 1 aliphatic heterocycles. The first-order valence-electron chi connectivity index (χ1n) is 8.47. The molecule has 4 nitrogen and oxygen atoms in total. The van der Waals surface area contributed by atoms with Crippen molar-refractivity contribution < 1.29 is 9.59 Å². The van der Waals surface area contributed by atoms with Crippen LogP contribution in [0.3, 0.4) is 0 Å². The van der Waals surface area contributed by atoms with Gasteiger partial charge >= 0.3 is 0 Å². The number of benzene rings is 1. The molecule has 0 radical (unpaired) electrons. The number of hydrogen-bond acceptors (Lipinski definition) is 2. The van der Waals surface area contributed by atoms with E-state index in [1.807, 2.05) is 4.90 Å². The van der Waals surface area contributed by atoms with E-state index in [2.05, 4.69) is 6.92 Å². The number of amides is 2. The Morgan fingerprint density at radius 1 is 1.25 bits per heavy atom. The minimum Gasteiger partial charge on any atom is -0.340 e. The van der Waals surface area contributed by atoms with Crippen LogP contribution < -0.4 is 4.90 Å². The standard InChI is InChI=1S/C18H24Cl2N2O2/c1-3-14-7-4-5-11-22(14)17(24)10-12-21(13(2)23)18-15(19)8-6-9-16(18)20/h6,8-9,14H,3-5,7,10-12H2,1-2H3. The second-order valence-corrected chi connectivity index (χ2v) is 6.95. The van der Waals surface area contributed by atoms with Crippen LogP contribution in [0, 0.1) is 0 Å². The molecular formula is C18H24Cl2N2O2. The smallest absolute Gasteiger partial charge is 0.224 e. The predicted molar refractivity (Wildman–Crippen MR) is 98.7 cm³/mol. The summed E-state index contributed by atoms with van der Waals surface area (Å²) in [5.41, 5.74) is 0.479. The highest BCUT2D eigenvalue weighted by molar-refractivity contribution is 6.39. The summed E-state index contributed by atoms with van der Waals surface area (Å²) in [6.07, 6.45) is 4.54. The molecule has 1 aliphatic rings. The van der Waals surface area contributed by atoms with E-state index in [4.69, 9.17) is 23.2 Å². The van der Waals surface area contributed by atoms with Crippen LogP contribution in [0.5, 0.6) is 0 Å². The highest BCUT2D eigenvalue weighted by atomic mass is 35.5. The maximum atomic E-state index is 12.6. The quantitative estimate of drug-likeness (QED) is 0.763. The molecule has 0 aromatic heterocycles. The zero-order chi connectivity index (χ0) is 17.7. The number of hydrogen-bond donors (Lipinski definition) is 0. The summed E-state index contributed by atoms with van der Waals surface area (Å²) in [5, 5.41) is 0.823. The lowest BCUT2D eigenvalue weighted by molar-refractivity contribution is -0.134. The van der Waals surface area contributed by atoms with Crippen LogP contribution >= 0.6 is 23.2 Å². The van der Waals surface area contributed by atoms with Crippen LogP contribution in [0.15, 0.2) is 18.2 Å². The minimum atomic E-state index is -0.177. The van der Waals surface area contributed by atoms with Crippen LogP contribution in [0.4, 0.5) is 5.69 Å². The van der Waals surface area contributed by atoms with Gasteiger partial charge in [0, 0.05) is 32.5 Å².